The first-order chi connectivity index (χ1) is 11.7. The summed E-state index contributed by atoms with van der Waals surface area (Å²) in [6, 6.07) is 6.15. The smallest absolute Gasteiger partial charge is 0.220 e. The molecule has 1 saturated heterocycles. The number of nitrogens with one attached hydrogen (secondary N) is 1. The minimum absolute atomic E-state index is 0.127. The SMILES string of the molecule is CCCCCCNC(=O)CCc1ccc(N2CCOCC2)c(N)c1. The molecule has 0 atom stereocenters. The predicted octanol–water partition coefficient (Wildman–Crippen LogP) is 2.73. The van der Waals surface area contributed by atoms with Crippen molar-refractivity contribution in [3.8, 4) is 0 Å². The first kappa shape index (κ1) is 18.6. The Morgan fingerprint density at radius 2 is 2.04 bits per heavy atom. The van der Waals surface area contributed by atoms with E-state index in [9.17, 15) is 4.79 Å². The Hall–Kier alpha value is -1.75. The first-order valence-electron chi connectivity index (χ1n) is 9.18. The van der Waals surface area contributed by atoms with Crippen LogP contribution in [-0.4, -0.2) is 38.8 Å². The van der Waals surface area contributed by atoms with Gasteiger partial charge in [-0.1, -0.05) is 32.3 Å². The lowest BCUT2D eigenvalue weighted by Gasteiger charge is -2.30. The van der Waals surface area contributed by atoms with Gasteiger partial charge in [0.2, 0.25) is 5.91 Å². The van der Waals surface area contributed by atoms with Gasteiger partial charge in [0, 0.05) is 26.1 Å². The molecule has 1 amide bonds. The minimum atomic E-state index is 0.127. The van der Waals surface area contributed by atoms with Crippen LogP contribution >= 0.6 is 0 Å². The van der Waals surface area contributed by atoms with Gasteiger partial charge in [0.1, 0.15) is 0 Å². The Labute approximate surface area is 145 Å². The highest BCUT2D eigenvalue weighted by Gasteiger charge is 2.14. The summed E-state index contributed by atoms with van der Waals surface area (Å²) in [6.07, 6.45) is 5.97. The fraction of sp³-hybridized carbons (Fsp3) is 0.632. The average molecular weight is 333 g/mol. The van der Waals surface area contributed by atoms with Crippen molar-refractivity contribution in [2.45, 2.75) is 45.4 Å². The fourth-order valence-corrected chi connectivity index (χ4v) is 2.98. The van der Waals surface area contributed by atoms with Gasteiger partial charge in [-0.05, 0) is 30.5 Å². The average Bonchev–Trinajstić information content (AvgIpc) is 2.60. The van der Waals surface area contributed by atoms with Crippen LogP contribution in [0.15, 0.2) is 18.2 Å². The molecular weight excluding hydrogens is 302 g/mol. The number of ether oxygens (including phenoxy) is 1. The molecule has 0 bridgehead atoms. The molecule has 3 N–H and O–H groups in total. The molecule has 134 valence electrons. The van der Waals surface area contributed by atoms with E-state index in [0.717, 1.165) is 62.6 Å². The zero-order valence-corrected chi connectivity index (χ0v) is 14.9. The third-order valence-corrected chi connectivity index (χ3v) is 4.44. The molecule has 0 aliphatic carbocycles. The number of nitrogen functional groups attached to an aromatic ring is 1. The van der Waals surface area contributed by atoms with Crippen LogP contribution in [0, 0.1) is 0 Å². The van der Waals surface area contributed by atoms with E-state index in [2.05, 4.69) is 29.3 Å². The predicted molar refractivity (Wildman–Crippen MR) is 99.4 cm³/mol. The van der Waals surface area contributed by atoms with Gasteiger partial charge in [0.15, 0.2) is 0 Å². The van der Waals surface area contributed by atoms with Crippen LogP contribution in [0.5, 0.6) is 0 Å². The molecule has 24 heavy (non-hydrogen) atoms. The van der Waals surface area contributed by atoms with Gasteiger partial charge in [-0.25, -0.2) is 0 Å². The first-order valence-corrected chi connectivity index (χ1v) is 9.18. The largest absolute Gasteiger partial charge is 0.397 e. The molecule has 0 aromatic heterocycles. The van der Waals surface area contributed by atoms with Gasteiger partial charge >= 0.3 is 0 Å². The Kier molecular flexibility index (Phi) is 7.89. The van der Waals surface area contributed by atoms with E-state index in [0.29, 0.717) is 6.42 Å². The van der Waals surface area contributed by atoms with Crippen molar-refractivity contribution in [2.75, 3.05) is 43.5 Å². The van der Waals surface area contributed by atoms with Crippen LogP contribution in [0.2, 0.25) is 0 Å². The van der Waals surface area contributed by atoms with Gasteiger partial charge in [0.05, 0.1) is 24.6 Å². The van der Waals surface area contributed by atoms with E-state index < -0.39 is 0 Å². The van der Waals surface area contributed by atoms with E-state index >= 15 is 0 Å². The Morgan fingerprint density at radius 1 is 1.25 bits per heavy atom. The molecule has 1 aliphatic rings. The zero-order chi connectivity index (χ0) is 17.2. The molecule has 5 heteroatoms. The minimum Gasteiger partial charge on any atom is -0.397 e. The molecule has 5 nitrogen and oxygen atoms in total. The van der Waals surface area contributed by atoms with Gasteiger partial charge < -0.3 is 20.7 Å². The lowest BCUT2D eigenvalue weighted by Crippen LogP contribution is -2.36. The summed E-state index contributed by atoms with van der Waals surface area (Å²) in [5.41, 5.74) is 9.18. The van der Waals surface area contributed by atoms with Crippen LogP contribution < -0.4 is 16.0 Å². The van der Waals surface area contributed by atoms with Crippen molar-refractivity contribution in [1.82, 2.24) is 5.32 Å². The fourth-order valence-electron chi connectivity index (χ4n) is 2.98. The lowest BCUT2D eigenvalue weighted by molar-refractivity contribution is -0.121. The molecule has 1 aromatic carbocycles. The van der Waals surface area contributed by atoms with Crippen molar-refractivity contribution >= 4 is 17.3 Å². The summed E-state index contributed by atoms with van der Waals surface area (Å²) in [4.78, 5) is 14.1. The van der Waals surface area contributed by atoms with Crippen LogP contribution in [0.4, 0.5) is 11.4 Å². The third kappa shape index (κ3) is 6.04. The summed E-state index contributed by atoms with van der Waals surface area (Å²) in [5, 5.41) is 3.00. The van der Waals surface area contributed by atoms with Crippen LogP contribution in [0.3, 0.4) is 0 Å². The summed E-state index contributed by atoms with van der Waals surface area (Å²) < 4.78 is 5.38. The number of carbonyl (C=O) groups is 1. The highest BCUT2D eigenvalue weighted by Crippen LogP contribution is 2.25. The van der Waals surface area contributed by atoms with E-state index in [-0.39, 0.29) is 5.91 Å². The number of hydrogen-bond donors (Lipinski definition) is 2. The number of benzene rings is 1. The number of anilines is 2. The van der Waals surface area contributed by atoms with Gasteiger partial charge in [-0.15, -0.1) is 0 Å². The number of aryl methyl sites for hydroxylation is 1. The Bertz CT molecular complexity index is 513. The highest BCUT2D eigenvalue weighted by atomic mass is 16.5. The molecule has 2 rings (SSSR count). The number of unbranched alkanes of at least 4 members (excludes halogenated alkanes) is 3. The molecule has 1 heterocycles. The summed E-state index contributed by atoms with van der Waals surface area (Å²) >= 11 is 0. The topological polar surface area (TPSA) is 67.6 Å². The highest BCUT2D eigenvalue weighted by molar-refractivity contribution is 5.76. The third-order valence-electron chi connectivity index (χ3n) is 4.44. The van der Waals surface area contributed by atoms with Crippen LogP contribution in [0.25, 0.3) is 0 Å². The van der Waals surface area contributed by atoms with Crippen molar-refractivity contribution in [3.63, 3.8) is 0 Å². The van der Waals surface area contributed by atoms with E-state index in [4.69, 9.17) is 10.5 Å². The van der Waals surface area contributed by atoms with Crippen molar-refractivity contribution in [2.24, 2.45) is 0 Å². The maximum atomic E-state index is 11.9. The number of carbonyl (C=O) groups excluding carboxylic acids is 1. The number of hydrogen-bond acceptors (Lipinski definition) is 4. The van der Waals surface area contributed by atoms with E-state index in [1.54, 1.807) is 0 Å². The second kappa shape index (κ2) is 10.2. The molecular formula is C19H31N3O2. The molecule has 1 fully saturated rings. The number of rotatable bonds is 9. The van der Waals surface area contributed by atoms with E-state index in [1.807, 2.05) is 6.07 Å². The molecule has 0 radical (unpaired) electrons. The lowest BCUT2D eigenvalue weighted by atomic mass is 10.1. The van der Waals surface area contributed by atoms with Crippen molar-refractivity contribution in [1.29, 1.82) is 0 Å². The number of morpholine rings is 1. The molecule has 0 saturated carbocycles. The van der Waals surface area contributed by atoms with E-state index in [1.165, 1.54) is 19.3 Å². The Balaban J connectivity index is 1.74. The second-order valence-corrected chi connectivity index (χ2v) is 6.40. The van der Waals surface area contributed by atoms with Crippen LogP contribution in [-0.2, 0) is 16.0 Å². The number of nitrogens with two attached hydrogens (primary N) is 1. The maximum Gasteiger partial charge on any atom is 0.220 e. The summed E-state index contributed by atoms with van der Waals surface area (Å²) in [7, 11) is 0. The van der Waals surface area contributed by atoms with Crippen molar-refractivity contribution < 1.29 is 9.53 Å². The second-order valence-electron chi connectivity index (χ2n) is 6.40. The van der Waals surface area contributed by atoms with Gasteiger partial charge in [0.25, 0.3) is 0 Å². The summed E-state index contributed by atoms with van der Waals surface area (Å²) in [5.74, 6) is 0.127. The standard InChI is InChI=1S/C19H31N3O2/c1-2-3-4-5-10-21-19(23)9-7-16-6-8-18(17(20)15-16)22-11-13-24-14-12-22/h6,8,15H,2-5,7,9-14,20H2,1H3,(H,21,23). The molecule has 0 spiro atoms. The van der Waals surface area contributed by atoms with Crippen molar-refractivity contribution in [3.05, 3.63) is 23.8 Å². The maximum absolute atomic E-state index is 11.9. The number of nitrogens with zero attached hydrogens (tertiary/aromatic N) is 1. The number of amides is 1. The molecule has 0 unspecified atom stereocenters. The van der Waals surface area contributed by atoms with Gasteiger partial charge in [-0.3, -0.25) is 4.79 Å². The monoisotopic (exact) mass is 333 g/mol. The summed E-state index contributed by atoms with van der Waals surface area (Å²) in [6.45, 7) is 6.23. The quantitative estimate of drug-likeness (QED) is 0.539. The molecule has 1 aliphatic heterocycles. The van der Waals surface area contributed by atoms with Crippen LogP contribution in [0.1, 0.15) is 44.6 Å². The van der Waals surface area contributed by atoms with Gasteiger partial charge in [-0.2, -0.15) is 0 Å². The Morgan fingerprint density at radius 3 is 2.75 bits per heavy atom. The normalized spacial score (nSPS) is 14.6. The molecule has 1 aromatic rings. The zero-order valence-electron chi connectivity index (χ0n) is 14.9.